The number of hydrogen-bond acceptors (Lipinski definition) is 6. The summed E-state index contributed by atoms with van der Waals surface area (Å²) in [4.78, 5) is 42.3. The Labute approximate surface area is 244 Å². The molecule has 0 aliphatic rings. The maximum Gasteiger partial charge on any atom is 0.469 e. The fourth-order valence-electron chi connectivity index (χ4n) is 4.43. The van der Waals surface area contributed by atoms with Crippen molar-refractivity contribution in [3.05, 3.63) is 12.2 Å². The fraction of sp³-hybridized carbons (Fsp3) is 0.871. The number of hydrogen-bond donors (Lipinski definition) is 2. The van der Waals surface area contributed by atoms with Gasteiger partial charge in [0.15, 0.2) is 6.10 Å². The third-order valence-corrected chi connectivity index (χ3v) is 7.28. The van der Waals surface area contributed by atoms with Crippen LogP contribution in [0.15, 0.2) is 12.2 Å². The summed E-state index contributed by atoms with van der Waals surface area (Å²) in [6.45, 7) is 3.54. The molecular weight excluding hydrogens is 531 g/mol. The molecule has 2 N–H and O–H groups in total. The van der Waals surface area contributed by atoms with Crippen LogP contribution in [0, 0.1) is 0 Å². The van der Waals surface area contributed by atoms with Gasteiger partial charge in [-0.1, -0.05) is 122 Å². The molecule has 0 radical (unpaired) electrons. The lowest BCUT2D eigenvalue weighted by molar-refractivity contribution is -0.161. The minimum Gasteiger partial charge on any atom is -0.462 e. The average Bonchev–Trinajstić information content (AvgIpc) is 2.91. The van der Waals surface area contributed by atoms with E-state index in [0.717, 1.165) is 57.8 Å². The van der Waals surface area contributed by atoms with Crippen LogP contribution < -0.4 is 0 Å². The van der Waals surface area contributed by atoms with Gasteiger partial charge >= 0.3 is 19.8 Å². The molecule has 0 saturated carbocycles. The van der Waals surface area contributed by atoms with Crippen molar-refractivity contribution in [1.82, 2.24) is 0 Å². The molecule has 9 heteroatoms. The Hall–Kier alpha value is -1.21. The van der Waals surface area contributed by atoms with Crippen LogP contribution in [0.1, 0.15) is 155 Å². The molecule has 40 heavy (non-hydrogen) atoms. The molecule has 1 atom stereocenters. The molecule has 0 aromatic heterocycles. The minimum atomic E-state index is -4.74. The number of ether oxygens (including phenoxy) is 2. The fourth-order valence-corrected chi connectivity index (χ4v) is 4.79. The first-order valence-electron chi connectivity index (χ1n) is 16.0. The van der Waals surface area contributed by atoms with Crippen molar-refractivity contribution in [2.45, 2.75) is 161 Å². The van der Waals surface area contributed by atoms with Gasteiger partial charge in [0, 0.05) is 12.8 Å². The number of rotatable bonds is 29. The Bertz CT molecular complexity index is 676. The summed E-state index contributed by atoms with van der Waals surface area (Å²) >= 11 is 0. The van der Waals surface area contributed by atoms with Gasteiger partial charge in [0.1, 0.15) is 6.61 Å². The minimum absolute atomic E-state index is 0.203. The first-order chi connectivity index (χ1) is 19.3. The Kier molecular flexibility index (Phi) is 27.1. The molecule has 0 heterocycles. The van der Waals surface area contributed by atoms with E-state index in [-0.39, 0.29) is 19.4 Å². The Balaban J connectivity index is 4.00. The maximum absolute atomic E-state index is 12.2. The van der Waals surface area contributed by atoms with Crippen LogP contribution in [0.2, 0.25) is 0 Å². The number of esters is 2. The van der Waals surface area contributed by atoms with Crippen LogP contribution in [-0.4, -0.2) is 41.0 Å². The smallest absolute Gasteiger partial charge is 0.462 e. The molecule has 0 aliphatic heterocycles. The predicted octanol–water partition coefficient (Wildman–Crippen LogP) is 8.73. The maximum atomic E-state index is 12.2. The van der Waals surface area contributed by atoms with Gasteiger partial charge in [0.25, 0.3) is 0 Å². The van der Waals surface area contributed by atoms with Gasteiger partial charge in [-0.25, -0.2) is 4.57 Å². The second kappa shape index (κ2) is 27.9. The summed E-state index contributed by atoms with van der Waals surface area (Å²) in [5.41, 5.74) is 0. The molecule has 0 spiro atoms. The van der Waals surface area contributed by atoms with Gasteiger partial charge in [-0.05, 0) is 32.1 Å². The van der Waals surface area contributed by atoms with E-state index in [2.05, 4.69) is 30.5 Å². The lowest BCUT2D eigenvalue weighted by Crippen LogP contribution is -2.29. The van der Waals surface area contributed by atoms with Gasteiger partial charge < -0.3 is 19.3 Å². The van der Waals surface area contributed by atoms with Gasteiger partial charge in [-0.3, -0.25) is 14.1 Å². The summed E-state index contributed by atoms with van der Waals surface area (Å²) in [5.74, 6) is -0.896. The van der Waals surface area contributed by atoms with Crippen molar-refractivity contribution in [1.29, 1.82) is 0 Å². The monoisotopic (exact) mass is 590 g/mol. The molecule has 0 aromatic carbocycles. The molecule has 0 bridgehead atoms. The summed E-state index contributed by atoms with van der Waals surface area (Å²) in [6.07, 6.45) is 26.6. The highest BCUT2D eigenvalue weighted by atomic mass is 31.2. The number of carbonyl (C=O) groups is 2. The van der Waals surface area contributed by atoms with Crippen LogP contribution in [0.3, 0.4) is 0 Å². The zero-order valence-electron chi connectivity index (χ0n) is 25.5. The van der Waals surface area contributed by atoms with E-state index < -0.39 is 32.5 Å². The Morgan fingerprint density at radius 3 is 1.62 bits per heavy atom. The Morgan fingerprint density at radius 2 is 1.12 bits per heavy atom. The van der Waals surface area contributed by atoms with Crippen molar-refractivity contribution < 1.29 is 37.9 Å². The molecular formula is C31H59O8P. The summed E-state index contributed by atoms with van der Waals surface area (Å²) in [7, 11) is -4.74. The molecule has 0 fully saturated rings. The van der Waals surface area contributed by atoms with Crippen LogP contribution in [0.5, 0.6) is 0 Å². The average molecular weight is 591 g/mol. The van der Waals surface area contributed by atoms with Crippen molar-refractivity contribution in [3.8, 4) is 0 Å². The van der Waals surface area contributed by atoms with Crippen LogP contribution in [-0.2, 0) is 28.2 Å². The zero-order valence-corrected chi connectivity index (χ0v) is 26.4. The topological polar surface area (TPSA) is 119 Å². The molecule has 8 nitrogen and oxygen atoms in total. The molecule has 236 valence electrons. The highest BCUT2D eigenvalue weighted by molar-refractivity contribution is 7.46. The number of phosphoric ester groups is 1. The third kappa shape index (κ3) is 29.8. The van der Waals surface area contributed by atoms with Gasteiger partial charge in [-0.2, -0.15) is 0 Å². The molecule has 0 aliphatic carbocycles. The van der Waals surface area contributed by atoms with Crippen LogP contribution >= 0.6 is 7.82 Å². The molecule has 0 rings (SSSR count). The van der Waals surface area contributed by atoms with E-state index in [1.807, 2.05) is 0 Å². The second-order valence-corrected chi connectivity index (χ2v) is 12.0. The van der Waals surface area contributed by atoms with E-state index in [9.17, 15) is 14.2 Å². The quantitative estimate of drug-likeness (QED) is 0.0384. The number of unbranched alkanes of at least 4 members (excludes halogenated alkanes) is 17. The first kappa shape index (κ1) is 38.8. The lowest BCUT2D eigenvalue weighted by atomic mass is 10.0. The zero-order chi connectivity index (χ0) is 29.7. The van der Waals surface area contributed by atoms with Gasteiger partial charge in [-0.15, -0.1) is 0 Å². The Morgan fingerprint density at radius 1 is 0.650 bits per heavy atom. The molecule has 0 saturated heterocycles. The van der Waals surface area contributed by atoms with Crippen molar-refractivity contribution >= 4 is 19.8 Å². The van der Waals surface area contributed by atoms with E-state index in [1.54, 1.807) is 0 Å². The SMILES string of the molecule is CC/C=C\CCCCCCCC(=O)O[C@@H](COC(=O)CCCCCCCCCCCCCCC)COP(=O)(O)O. The van der Waals surface area contributed by atoms with Gasteiger partial charge in [0.05, 0.1) is 6.61 Å². The van der Waals surface area contributed by atoms with Gasteiger partial charge in [0.2, 0.25) is 0 Å². The largest absolute Gasteiger partial charge is 0.469 e. The van der Waals surface area contributed by atoms with Crippen molar-refractivity contribution in [3.63, 3.8) is 0 Å². The highest BCUT2D eigenvalue weighted by Gasteiger charge is 2.22. The first-order valence-corrected chi connectivity index (χ1v) is 17.5. The van der Waals surface area contributed by atoms with E-state index >= 15 is 0 Å². The normalized spacial score (nSPS) is 12.6. The number of phosphoric acid groups is 1. The van der Waals surface area contributed by atoms with Crippen LogP contribution in [0.25, 0.3) is 0 Å². The predicted molar refractivity (Wildman–Crippen MR) is 161 cm³/mol. The number of carbonyl (C=O) groups excluding carboxylic acids is 2. The van der Waals surface area contributed by atoms with Crippen molar-refractivity contribution in [2.75, 3.05) is 13.2 Å². The van der Waals surface area contributed by atoms with Crippen molar-refractivity contribution in [2.24, 2.45) is 0 Å². The third-order valence-electron chi connectivity index (χ3n) is 6.80. The molecule has 0 aromatic rings. The van der Waals surface area contributed by atoms with Crippen LogP contribution in [0.4, 0.5) is 0 Å². The summed E-state index contributed by atoms with van der Waals surface area (Å²) in [6, 6.07) is 0. The lowest BCUT2D eigenvalue weighted by Gasteiger charge is -2.18. The van der Waals surface area contributed by atoms with E-state index in [1.165, 1.54) is 64.2 Å². The molecule has 0 unspecified atom stereocenters. The summed E-state index contributed by atoms with van der Waals surface area (Å²) in [5, 5.41) is 0. The number of allylic oxidation sites excluding steroid dienone is 2. The highest BCUT2D eigenvalue weighted by Crippen LogP contribution is 2.35. The van der Waals surface area contributed by atoms with E-state index in [0.29, 0.717) is 6.42 Å². The standard InChI is InChI=1S/C31H59O8P/c1-3-5-7-9-11-13-14-15-16-18-19-21-23-25-30(32)37-27-29(28-38-40(34,35)36)39-31(33)26-24-22-20-17-12-10-8-6-4-2/h6,8,29H,3-5,7,9-28H2,1-2H3,(H2,34,35,36)/b8-6-/t29-/m0/s1. The molecule has 0 amide bonds. The summed E-state index contributed by atoms with van der Waals surface area (Å²) < 4.78 is 26.1. The second-order valence-electron chi connectivity index (χ2n) is 10.8. The van der Waals surface area contributed by atoms with E-state index in [4.69, 9.17) is 19.3 Å².